The van der Waals surface area contributed by atoms with Gasteiger partial charge < -0.3 is 19.3 Å². The van der Waals surface area contributed by atoms with E-state index in [1.54, 1.807) is 30.3 Å². The van der Waals surface area contributed by atoms with Gasteiger partial charge in [0, 0.05) is 17.3 Å². The minimum absolute atomic E-state index is 0.0380. The number of hydrogen-bond acceptors (Lipinski definition) is 6. The second-order valence-electron chi connectivity index (χ2n) is 4.80. The van der Waals surface area contributed by atoms with Gasteiger partial charge in [0.25, 0.3) is 0 Å². The molecule has 1 aromatic carbocycles. The predicted molar refractivity (Wildman–Crippen MR) is 72.7 cm³/mol. The summed E-state index contributed by atoms with van der Waals surface area (Å²) in [5, 5.41) is 0. The number of hydrogen-bond donors (Lipinski definition) is 2. The molecule has 0 aliphatic carbocycles. The van der Waals surface area contributed by atoms with Crippen LogP contribution in [0, 0.1) is 0 Å². The minimum Gasteiger partial charge on any atom is -0.489 e. The van der Waals surface area contributed by atoms with Gasteiger partial charge in [0.2, 0.25) is 5.76 Å². The van der Waals surface area contributed by atoms with Crippen LogP contribution in [-0.2, 0) is 0 Å². The first-order valence-corrected chi connectivity index (χ1v) is 6.54. The van der Waals surface area contributed by atoms with Crippen molar-refractivity contribution < 1.29 is 18.7 Å². The summed E-state index contributed by atoms with van der Waals surface area (Å²) in [5.41, 5.74) is 8.16. The molecule has 0 fully saturated rings. The van der Waals surface area contributed by atoms with Gasteiger partial charge in [-0.25, -0.2) is 10.2 Å². The lowest BCUT2D eigenvalue weighted by Gasteiger charge is -2.25. The van der Waals surface area contributed by atoms with E-state index >= 15 is 0 Å². The topological polar surface area (TPSA) is 72.7 Å². The third-order valence-electron chi connectivity index (χ3n) is 3.48. The predicted octanol–water partition coefficient (Wildman–Crippen LogP) is 1.92. The first kappa shape index (κ1) is 12.0. The summed E-state index contributed by atoms with van der Waals surface area (Å²) in [6.45, 7) is 0.545. The number of nitrogens with one attached hydrogen (secondary N) is 2. The van der Waals surface area contributed by atoms with E-state index in [1.165, 1.54) is 6.26 Å². The third kappa shape index (κ3) is 2.05. The molecule has 0 amide bonds. The zero-order valence-corrected chi connectivity index (χ0v) is 11.0. The second-order valence-corrected chi connectivity index (χ2v) is 4.80. The number of carbonyl (C=O) groups is 1. The van der Waals surface area contributed by atoms with Crippen LogP contribution in [0.2, 0.25) is 0 Å². The molecule has 0 radical (unpaired) electrons. The average molecular weight is 284 g/mol. The molecule has 1 atom stereocenters. The fourth-order valence-corrected chi connectivity index (χ4v) is 2.46. The standard InChI is InChI=1S/C15H12N2O4/c18-15(13-2-1-5-19-13)21-10-3-4-12-11(6-10)14-9(8-20-12)7-16-17-14/h1-7,14,16-17H,8H2. The molecule has 6 heteroatoms. The Morgan fingerprint density at radius 2 is 2.29 bits per heavy atom. The quantitative estimate of drug-likeness (QED) is 0.648. The Kier molecular flexibility index (Phi) is 2.68. The van der Waals surface area contributed by atoms with E-state index in [-0.39, 0.29) is 11.8 Å². The van der Waals surface area contributed by atoms with E-state index in [1.807, 2.05) is 6.20 Å². The molecule has 1 aromatic heterocycles. The van der Waals surface area contributed by atoms with Crippen LogP contribution in [0.25, 0.3) is 0 Å². The van der Waals surface area contributed by atoms with Crippen LogP contribution in [-0.4, -0.2) is 12.6 Å². The Balaban J connectivity index is 1.62. The number of rotatable bonds is 2. The first-order chi connectivity index (χ1) is 10.3. The van der Waals surface area contributed by atoms with Gasteiger partial charge in [-0.3, -0.25) is 0 Å². The Morgan fingerprint density at radius 1 is 1.33 bits per heavy atom. The summed E-state index contributed by atoms with van der Waals surface area (Å²) in [7, 11) is 0. The second kappa shape index (κ2) is 4.68. The fourth-order valence-electron chi connectivity index (χ4n) is 2.46. The van der Waals surface area contributed by atoms with Gasteiger partial charge in [0.15, 0.2) is 0 Å². The summed E-state index contributed by atoms with van der Waals surface area (Å²) < 4.78 is 16.0. The van der Waals surface area contributed by atoms with Crippen molar-refractivity contribution in [2.24, 2.45) is 0 Å². The number of ether oxygens (including phenoxy) is 2. The number of hydrazine groups is 1. The first-order valence-electron chi connectivity index (χ1n) is 6.54. The van der Waals surface area contributed by atoms with Crippen molar-refractivity contribution in [1.82, 2.24) is 10.9 Å². The molecule has 1 unspecified atom stereocenters. The lowest BCUT2D eigenvalue weighted by atomic mass is 9.98. The largest absolute Gasteiger partial charge is 0.489 e. The molecule has 0 saturated carbocycles. The molecule has 4 rings (SSSR count). The summed E-state index contributed by atoms with van der Waals surface area (Å²) in [5.74, 6) is 0.884. The van der Waals surface area contributed by atoms with Crippen LogP contribution in [0.5, 0.6) is 11.5 Å². The average Bonchev–Trinajstić information content (AvgIpc) is 3.18. The van der Waals surface area contributed by atoms with Crippen molar-refractivity contribution >= 4 is 5.97 Å². The minimum atomic E-state index is -0.523. The number of furan rings is 1. The Hall–Kier alpha value is -2.73. The zero-order chi connectivity index (χ0) is 14.2. The Bertz CT molecular complexity index is 721. The Morgan fingerprint density at radius 3 is 3.14 bits per heavy atom. The van der Waals surface area contributed by atoms with Crippen LogP contribution >= 0.6 is 0 Å². The van der Waals surface area contributed by atoms with Gasteiger partial charge in [-0.1, -0.05) is 0 Å². The van der Waals surface area contributed by atoms with Crippen molar-refractivity contribution in [3.05, 3.63) is 59.7 Å². The van der Waals surface area contributed by atoms with Crippen molar-refractivity contribution in [3.8, 4) is 11.5 Å². The summed E-state index contributed by atoms with van der Waals surface area (Å²) in [6, 6.07) is 8.55. The van der Waals surface area contributed by atoms with Gasteiger partial charge in [-0.05, 0) is 30.3 Å². The van der Waals surface area contributed by atoms with Crippen LogP contribution in [0.15, 0.2) is 52.8 Å². The third-order valence-corrected chi connectivity index (χ3v) is 3.48. The monoisotopic (exact) mass is 284 g/mol. The Labute approximate surface area is 120 Å². The number of carbonyl (C=O) groups excluding carboxylic acids is 1. The molecular weight excluding hydrogens is 272 g/mol. The lowest BCUT2D eigenvalue weighted by Crippen LogP contribution is -2.28. The summed E-state index contributed by atoms with van der Waals surface area (Å²) >= 11 is 0. The molecular formula is C15H12N2O4. The molecule has 0 bridgehead atoms. The highest BCUT2D eigenvalue weighted by molar-refractivity contribution is 5.88. The fraction of sp³-hybridized carbons (Fsp3) is 0.133. The van der Waals surface area contributed by atoms with Crippen LogP contribution < -0.4 is 20.3 Å². The van der Waals surface area contributed by atoms with Gasteiger partial charge in [-0.2, -0.15) is 0 Å². The lowest BCUT2D eigenvalue weighted by molar-refractivity contribution is 0.0701. The van der Waals surface area contributed by atoms with E-state index in [0.717, 1.165) is 16.9 Å². The molecule has 3 heterocycles. The van der Waals surface area contributed by atoms with E-state index in [0.29, 0.717) is 12.4 Å². The van der Waals surface area contributed by atoms with Gasteiger partial charge in [0.05, 0.1) is 12.3 Å². The molecule has 0 saturated heterocycles. The number of esters is 1. The molecule has 2 aromatic rings. The van der Waals surface area contributed by atoms with Crippen LogP contribution in [0.1, 0.15) is 22.2 Å². The SMILES string of the molecule is O=C(Oc1ccc2c(c1)C1NNC=C1CO2)c1ccco1. The number of benzene rings is 1. The van der Waals surface area contributed by atoms with E-state index in [4.69, 9.17) is 13.9 Å². The molecule has 6 nitrogen and oxygen atoms in total. The molecule has 2 aliphatic rings. The molecule has 21 heavy (non-hydrogen) atoms. The molecule has 2 N–H and O–H groups in total. The highest BCUT2D eigenvalue weighted by Gasteiger charge is 2.29. The number of fused-ring (bicyclic) bond motifs is 3. The zero-order valence-electron chi connectivity index (χ0n) is 11.0. The highest BCUT2D eigenvalue weighted by Crippen LogP contribution is 2.38. The van der Waals surface area contributed by atoms with E-state index in [9.17, 15) is 4.79 Å². The maximum atomic E-state index is 11.9. The van der Waals surface area contributed by atoms with Gasteiger partial charge in [-0.15, -0.1) is 0 Å². The van der Waals surface area contributed by atoms with Crippen molar-refractivity contribution in [1.29, 1.82) is 0 Å². The van der Waals surface area contributed by atoms with Crippen molar-refractivity contribution in [2.45, 2.75) is 6.04 Å². The maximum absolute atomic E-state index is 11.9. The normalized spacial score (nSPS) is 18.9. The van der Waals surface area contributed by atoms with Gasteiger partial charge in [0.1, 0.15) is 18.1 Å². The van der Waals surface area contributed by atoms with Crippen molar-refractivity contribution in [2.75, 3.05) is 6.61 Å². The van der Waals surface area contributed by atoms with Gasteiger partial charge >= 0.3 is 5.97 Å². The van der Waals surface area contributed by atoms with E-state index < -0.39 is 5.97 Å². The van der Waals surface area contributed by atoms with Crippen LogP contribution in [0.3, 0.4) is 0 Å². The summed E-state index contributed by atoms with van der Waals surface area (Å²) in [4.78, 5) is 11.9. The molecule has 106 valence electrons. The van der Waals surface area contributed by atoms with Crippen LogP contribution in [0.4, 0.5) is 0 Å². The highest BCUT2D eigenvalue weighted by atomic mass is 16.5. The van der Waals surface area contributed by atoms with Crippen molar-refractivity contribution in [3.63, 3.8) is 0 Å². The summed E-state index contributed by atoms with van der Waals surface area (Å²) in [6.07, 6.45) is 3.32. The molecule has 2 aliphatic heterocycles. The van der Waals surface area contributed by atoms with E-state index in [2.05, 4.69) is 10.9 Å². The smallest absolute Gasteiger partial charge is 0.379 e. The maximum Gasteiger partial charge on any atom is 0.379 e. The molecule has 0 spiro atoms.